The van der Waals surface area contributed by atoms with E-state index in [0.717, 1.165) is 30.5 Å². The van der Waals surface area contributed by atoms with Gasteiger partial charge in [0, 0.05) is 42.5 Å². The van der Waals surface area contributed by atoms with Gasteiger partial charge in [-0.3, -0.25) is 9.88 Å². The van der Waals surface area contributed by atoms with E-state index in [4.69, 9.17) is 0 Å². The van der Waals surface area contributed by atoms with Crippen LogP contribution in [0.15, 0.2) is 22.9 Å². The fourth-order valence-electron chi connectivity index (χ4n) is 2.54. The summed E-state index contributed by atoms with van der Waals surface area (Å²) in [5.41, 5.74) is 1.18. The van der Waals surface area contributed by atoms with E-state index >= 15 is 0 Å². The van der Waals surface area contributed by atoms with Crippen molar-refractivity contribution < 1.29 is 5.11 Å². The fraction of sp³-hybridized carbons (Fsp3) is 0.615. The molecule has 2 atom stereocenters. The molecule has 1 fully saturated rings. The molecule has 0 amide bonds. The number of halogens is 1. The third-order valence-electron chi connectivity index (χ3n) is 3.23. The number of likely N-dealkylation sites (tertiary alicyclic amines) is 1. The van der Waals surface area contributed by atoms with Crippen molar-refractivity contribution >= 4 is 15.9 Å². The van der Waals surface area contributed by atoms with Crippen molar-refractivity contribution in [3.8, 4) is 0 Å². The second kappa shape index (κ2) is 6.10. The number of aliphatic hydroxyl groups is 1. The molecule has 4 nitrogen and oxygen atoms in total. The van der Waals surface area contributed by atoms with Crippen LogP contribution in [0.4, 0.5) is 0 Å². The third kappa shape index (κ3) is 3.75. The van der Waals surface area contributed by atoms with E-state index in [1.807, 2.05) is 6.20 Å². The normalized spacial score (nSPS) is 24.9. The van der Waals surface area contributed by atoms with Gasteiger partial charge in [-0.05, 0) is 48.1 Å². The standard InChI is InChI=1S/C13H20BrN3O/c1-16(2)8-12-4-13(18)9-17(12)7-10-3-11(14)6-15-5-10/h3,5-6,12-13,18H,4,7-9H2,1-2H3. The molecule has 18 heavy (non-hydrogen) atoms. The Hall–Kier alpha value is -0.490. The van der Waals surface area contributed by atoms with Gasteiger partial charge in [-0.25, -0.2) is 0 Å². The van der Waals surface area contributed by atoms with Gasteiger partial charge < -0.3 is 10.0 Å². The first-order valence-corrected chi connectivity index (χ1v) is 7.00. The van der Waals surface area contributed by atoms with Gasteiger partial charge in [-0.15, -0.1) is 0 Å². The van der Waals surface area contributed by atoms with Crippen LogP contribution in [-0.2, 0) is 6.54 Å². The molecule has 0 bridgehead atoms. The zero-order valence-electron chi connectivity index (χ0n) is 10.9. The topological polar surface area (TPSA) is 39.6 Å². The molecule has 0 radical (unpaired) electrons. The minimum atomic E-state index is -0.199. The lowest BCUT2D eigenvalue weighted by Gasteiger charge is -2.26. The molecule has 1 aromatic heterocycles. The molecule has 0 spiro atoms. The number of likely N-dealkylation sites (N-methyl/N-ethyl adjacent to an activating group) is 1. The molecule has 2 unspecified atom stereocenters. The predicted octanol–water partition coefficient (Wildman–Crippen LogP) is 1.34. The van der Waals surface area contributed by atoms with Gasteiger partial charge in [0.25, 0.3) is 0 Å². The van der Waals surface area contributed by atoms with Crippen molar-refractivity contribution in [2.45, 2.75) is 25.1 Å². The summed E-state index contributed by atoms with van der Waals surface area (Å²) < 4.78 is 1.00. The molecule has 0 saturated carbocycles. The molecule has 2 heterocycles. The van der Waals surface area contributed by atoms with Gasteiger partial charge in [-0.2, -0.15) is 0 Å². The van der Waals surface area contributed by atoms with E-state index < -0.39 is 0 Å². The van der Waals surface area contributed by atoms with Crippen molar-refractivity contribution in [3.63, 3.8) is 0 Å². The van der Waals surface area contributed by atoms with Crippen LogP contribution in [0.2, 0.25) is 0 Å². The number of β-amino-alcohol motifs (C(OH)–C–C–N with tert-alkyl or cyclic N) is 1. The third-order valence-corrected chi connectivity index (χ3v) is 3.66. The number of pyridine rings is 1. The van der Waals surface area contributed by atoms with Crippen LogP contribution < -0.4 is 0 Å². The predicted molar refractivity (Wildman–Crippen MR) is 75.3 cm³/mol. The minimum absolute atomic E-state index is 0.199. The highest BCUT2D eigenvalue weighted by atomic mass is 79.9. The Bertz CT molecular complexity index is 400. The maximum atomic E-state index is 9.83. The lowest BCUT2D eigenvalue weighted by molar-refractivity contribution is 0.169. The second-order valence-corrected chi connectivity index (χ2v) is 6.16. The molecule has 100 valence electrons. The molecule has 1 N–H and O–H groups in total. The lowest BCUT2D eigenvalue weighted by atomic mass is 10.2. The summed E-state index contributed by atoms with van der Waals surface area (Å²) in [6.07, 6.45) is 4.34. The molecular weight excluding hydrogens is 294 g/mol. The average Bonchev–Trinajstić information content (AvgIpc) is 2.58. The number of hydrogen-bond acceptors (Lipinski definition) is 4. The van der Waals surface area contributed by atoms with Crippen LogP contribution in [0, 0.1) is 0 Å². The number of aliphatic hydroxyl groups excluding tert-OH is 1. The summed E-state index contributed by atoms with van der Waals surface area (Å²) in [5, 5.41) is 9.83. The zero-order chi connectivity index (χ0) is 13.1. The smallest absolute Gasteiger partial charge is 0.0682 e. The van der Waals surface area contributed by atoms with Crippen LogP contribution in [0.1, 0.15) is 12.0 Å². The van der Waals surface area contributed by atoms with Crippen molar-refractivity contribution in [2.24, 2.45) is 0 Å². The number of nitrogens with zero attached hydrogens (tertiary/aromatic N) is 3. The highest BCUT2D eigenvalue weighted by molar-refractivity contribution is 9.10. The first kappa shape index (κ1) is 13.9. The second-order valence-electron chi connectivity index (χ2n) is 5.25. The van der Waals surface area contributed by atoms with Crippen LogP contribution in [0.25, 0.3) is 0 Å². The summed E-state index contributed by atoms with van der Waals surface area (Å²) in [6.45, 7) is 2.59. The van der Waals surface area contributed by atoms with Gasteiger partial charge in [0.1, 0.15) is 0 Å². The summed E-state index contributed by atoms with van der Waals surface area (Å²) in [4.78, 5) is 8.70. The van der Waals surface area contributed by atoms with Crippen molar-refractivity contribution in [2.75, 3.05) is 27.2 Å². The summed E-state index contributed by atoms with van der Waals surface area (Å²) >= 11 is 3.44. The Morgan fingerprint density at radius 2 is 2.28 bits per heavy atom. The number of hydrogen-bond donors (Lipinski definition) is 1. The number of rotatable bonds is 4. The molecule has 5 heteroatoms. The van der Waals surface area contributed by atoms with Crippen LogP contribution >= 0.6 is 15.9 Å². The van der Waals surface area contributed by atoms with Gasteiger partial charge in [0.05, 0.1) is 6.10 Å². The van der Waals surface area contributed by atoms with Crippen LogP contribution in [0.3, 0.4) is 0 Å². The maximum Gasteiger partial charge on any atom is 0.0682 e. The highest BCUT2D eigenvalue weighted by Crippen LogP contribution is 2.21. The molecular formula is C13H20BrN3O. The van der Waals surface area contributed by atoms with E-state index in [9.17, 15) is 5.11 Å². The van der Waals surface area contributed by atoms with Crippen molar-refractivity contribution in [3.05, 3.63) is 28.5 Å². The van der Waals surface area contributed by atoms with E-state index in [-0.39, 0.29) is 6.10 Å². The first-order chi connectivity index (χ1) is 8.54. The molecule has 1 saturated heterocycles. The van der Waals surface area contributed by atoms with Gasteiger partial charge in [0.15, 0.2) is 0 Å². The Kier molecular flexibility index (Phi) is 4.72. The van der Waals surface area contributed by atoms with Gasteiger partial charge in [-0.1, -0.05) is 0 Å². The Labute approximate surface area is 117 Å². The highest BCUT2D eigenvalue weighted by Gasteiger charge is 2.30. The summed E-state index contributed by atoms with van der Waals surface area (Å²) in [5.74, 6) is 0. The first-order valence-electron chi connectivity index (χ1n) is 6.21. The average molecular weight is 314 g/mol. The quantitative estimate of drug-likeness (QED) is 0.910. The molecule has 0 aliphatic carbocycles. The Balaban J connectivity index is 2.02. The van der Waals surface area contributed by atoms with Crippen molar-refractivity contribution in [1.82, 2.24) is 14.8 Å². The largest absolute Gasteiger partial charge is 0.392 e. The molecule has 1 aliphatic rings. The Morgan fingerprint density at radius 3 is 2.94 bits per heavy atom. The summed E-state index contributed by atoms with van der Waals surface area (Å²) in [7, 11) is 4.15. The molecule has 0 aromatic carbocycles. The summed E-state index contributed by atoms with van der Waals surface area (Å²) in [6, 6.07) is 2.51. The lowest BCUT2D eigenvalue weighted by Crippen LogP contribution is -2.37. The zero-order valence-corrected chi connectivity index (χ0v) is 12.5. The van der Waals surface area contributed by atoms with E-state index in [0.29, 0.717) is 6.04 Å². The molecule has 1 aromatic rings. The minimum Gasteiger partial charge on any atom is -0.392 e. The monoisotopic (exact) mass is 313 g/mol. The van der Waals surface area contributed by atoms with Gasteiger partial charge in [0.2, 0.25) is 0 Å². The molecule has 1 aliphatic heterocycles. The fourth-order valence-corrected chi connectivity index (χ4v) is 2.95. The van der Waals surface area contributed by atoms with Crippen LogP contribution in [0.5, 0.6) is 0 Å². The van der Waals surface area contributed by atoms with E-state index in [2.05, 4.69) is 50.9 Å². The van der Waals surface area contributed by atoms with E-state index in [1.165, 1.54) is 5.56 Å². The van der Waals surface area contributed by atoms with E-state index in [1.54, 1.807) is 6.20 Å². The maximum absolute atomic E-state index is 9.83. The van der Waals surface area contributed by atoms with Gasteiger partial charge >= 0.3 is 0 Å². The SMILES string of the molecule is CN(C)CC1CC(O)CN1Cc1cncc(Br)c1. The molecule has 2 rings (SSSR count). The Morgan fingerprint density at radius 1 is 1.50 bits per heavy atom. The number of aromatic nitrogens is 1. The van der Waals surface area contributed by atoms with Crippen molar-refractivity contribution in [1.29, 1.82) is 0 Å². The van der Waals surface area contributed by atoms with Crippen LogP contribution in [-0.4, -0.2) is 59.2 Å².